The highest BCUT2D eigenvalue weighted by molar-refractivity contribution is 7.85. The summed E-state index contributed by atoms with van der Waals surface area (Å²) >= 11 is 0. The van der Waals surface area contributed by atoms with Gasteiger partial charge in [0.05, 0.1) is 6.54 Å². The number of hydrogen-bond donors (Lipinski definition) is 2. The van der Waals surface area contributed by atoms with Gasteiger partial charge in [-0.15, -0.1) is 0 Å². The van der Waals surface area contributed by atoms with E-state index in [0.717, 1.165) is 43.1 Å². The number of guanidine groups is 1. The van der Waals surface area contributed by atoms with Crippen molar-refractivity contribution in [2.75, 3.05) is 26.0 Å². The maximum atomic E-state index is 12.1. The van der Waals surface area contributed by atoms with E-state index in [0.29, 0.717) is 30.4 Å². The number of hydrogen-bond acceptors (Lipinski definition) is 3. The number of nitrogens with one attached hydrogen (secondary N) is 2. The van der Waals surface area contributed by atoms with E-state index in [4.69, 9.17) is 4.74 Å². The van der Waals surface area contributed by atoms with Crippen LogP contribution in [-0.2, 0) is 10.8 Å². The van der Waals surface area contributed by atoms with Gasteiger partial charge < -0.3 is 15.4 Å². The van der Waals surface area contributed by atoms with Crippen LogP contribution < -0.4 is 15.4 Å². The van der Waals surface area contributed by atoms with Crippen LogP contribution in [-0.4, -0.2) is 47.4 Å². The number of aliphatic imine (C=N–C) groups is 1. The van der Waals surface area contributed by atoms with E-state index >= 15 is 0 Å². The molecule has 0 radical (unpaired) electrons. The second-order valence-electron chi connectivity index (χ2n) is 7.34. The van der Waals surface area contributed by atoms with Gasteiger partial charge in [0.15, 0.2) is 5.96 Å². The summed E-state index contributed by atoms with van der Waals surface area (Å²) in [6.45, 7) is 7.62. The molecule has 0 heterocycles. The highest BCUT2D eigenvalue weighted by Gasteiger charge is 2.25. The smallest absolute Gasteiger partial charge is 0.191 e. The van der Waals surface area contributed by atoms with Crippen LogP contribution in [0, 0.1) is 0 Å². The Morgan fingerprint density at radius 3 is 2.81 bits per heavy atom. The van der Waals surface area contributed by atoms with Gasteiger partial charge in [-0.1, -0.05) is 45.4 Å². The van der Waals surface area contributed by atoms with Gasteiger partial charge in [0, 0.05) is 34.9 Å². The second-order valence-corrected chi connectivity index (χ2v) is 9.34. The topological polar surface area (TPSA) is 62.7 Å². The van der Waals surface area contributed by atoms with E-state index in [1.807, 2.05) is 19.1 Å². The number of rotatable bonds is 8. The van der Waals surface area contributed by atoms with Crippen molar-refractivity contribution in [1.82, 2.24) is 10.6 Å². The molecule has 27 heavy (non-hydrogen) atoms. The molecule has 0 spiro atoms. The molecule has 0 aliphatic heterocycles. The van der Waals surface area contributed by atoms with Gasteiger partial charge in [-0.2, -0.15) is 0 Å². The molecular weight excluding hydrogens is 358 g/mol. The van der Waals surface area contributed by atoms with Crippen molar-refractivity contribution in [3.05, 3.63) is 29.8 Å². The van der Waals surface area contributed by atoms with Gasteiger partial charge in [0.1, 0.15) is 12.4 Å². The van der Waals surface area contributed by atoms with Gasteiger partial charge in [0.25, 0.3) is 0 Å². The molecular formula is C21H35N3O2S. The fraction of sp³-hybridized carbons (Fsp3) is 0.667. The largest absolute Gasteiger partial charge is 0.491 e. The Morgan fingerprint density at radius 2 is 2.11 bits per heavy atom. The maximum Gasteiger partial charge on any atom is 0.191 e. The number of nitrogens with zero attached hydrogens (tertiary/aromatic N) is 1. The van der Waals surface area contributed by atoms with E-state index in [1.165, 1.54) is 5.56 Å². The molecule has 3 unspecified atom stereocenters. The maximum absolute atomic E-state index is 12.1. The summed E-state index contributed by atoms with van der Waals surface area (Å²) in [4.78, 5) is 4.33. The molecule has 5 nitrogen and oxygen atoms in total. The van der Waals surface area contributed by atoms with Crippen LogP contribution in [0.1, 0.15) is 57.9 Å². The van der Waals surface area contributed by atoms with E-state index < -0.39 is 10.8 Å². The van der Waals surface area contributed by atoms with E-state index in [2.05, 4.69) is 41.6 Å². The van der Waals surface area contributed by atoms with Crippen LogP contribution in [0.4, 0.5) is 0 Å². The van der Waals surface area contributed by atoms with Crippen LogP contribution in [0.15, 0.2) is 29.3 Å². The lowest BCUT2D eigenvalue weighted by molar-refractivity contribution is 0.316. The summed E-state index contributed by atoms with van der Waals surface area (Å²) in [5.74, 6) is 2.94. The minimum absolute atomic E-state index is 0.315. The van der Waals surface area contributed by atoms with Gasteiger partial charge >= 0.3 is 0 Å². The zero-order valence-corrected chi connectivity index (χ0v) is 18.0. The molecule has 6 heteroatoms. The highest BCUT2D eigenvalue weighted by Crippen LogP contribution is 2.25. The molecule has 0 aromatic heterocycles. The SMILES string of the molecule is CCS(=O)C1CCCC(NC(=NC)NCCOc2ccccc2C(C)C)C1. The summed E-state index contributed by atoms with van der Waals surface area (Å²) in [6, 6.07) is 8.55. The lowest BCUT2D eigenvalue weighted by atomic mass is 9.95. The van der Waals surface area contributed by atoms with E-state index in [9.17, 15) is 4.21 Å². The number of para-hydroxylation sites is 1. The van der Waals surface area contributed by atoms with Crippen molar-refractivity contribution >= 4 is 16.8 Å². The van der Waals surface area contributed by atoms with Crippen molar-refractivity contribution in [3.8, 4) is 5.75 Å². The standard InChI is InChI=1S/C21H35N3O2S/c1-5-27(25)18-10-8-9-17(15-18)24-21(22-4)23-13-14-26-20-12-7-6-11-19(20)16(2)3/h6-7,11-12,16-18H,5,8-10,13-15H2,1-4H3,(H2,22,23,24). The molecule has 1 aromatic carbocycles. The van der Waals surface area contributed by atoms with Gasteiger partial charge in [-0.25, -0.2) is 0 Å². The summed E-state index contributed by atoms with van der Waals surface area (Å²) in [5.41, 5.74) is 1.23. The average Bonchev–Trinajstić information content (AvgIpc) is 2.70. The zero-order valence-electron chi connectivity index (χ0n) is 17.2. The molecule has 1 saturated carbocycles. The van der Waals surface area contributed by atoms with Crippen LogP contribution in [0.5, 0.6) is 5.75 Å². The Kier molecular flexibility index (Phi) is 9.11. The Hall–Kier alpha value is -1.56. The first-order valence-corrected chi connectivity index (χ1v) is 11.5. The molecule has 0 bridgehead atoms. The first-order valence-electron chi connectivity index (χ1n) is 10.1. The van der Waals surface area contributed by atoms with Gasteiger partial charge in [-0.3, -0.25) is 9.20 Å². The Morgan fingerprint density at radius 1 is 1.33 bits per heavy atom. The average molecular weight is 394 g/mol. The normalized spacial score (nSPS) is 21.7. The number of benzene rings is 1. The summed E-state index contributed by atoms with van der Waals surface area (Å²) in [5, 5.41) is 7.14. The molecule has 2 N–H and O–H groups in total. The van der Waals surface area contributed by atoms with Crippen LogP contribution >= 0.6 is 0 Å². The molecule has 1 aliphatic rings. The summed E-state index contributed by atoms with van der Waals surface area (Å²) in [7, 11) is 1.08. The summed E-state index contributed by atoms with van der Waals surface area (Å²) < 4.78 is 18.1. The quantitative estimate of drug-likeness (QED) is 0.403. The Labute approximate surface area is 166 Å². The van der Waals surface area contributed by atoms with Crippen LogP contribution in [0.3, 0.4) is 0 Å². The molecule has 1 aliphatic carbocycles. The molecule has 0 amide bonds. The number of ether oxygens (including phenoxy) is 1. The summed E-state index contributed by atoms with van der Waals surface area (Å²) in [6.07, 6.45) is 4.27. The molecule has 1 fully saturated rings. The zero-order chi connectivity index (χ0) is 19.6. The first-order chi connectivity index (χ1) is 13.0. The lowest BCUT2D eigenvalue weighted by Gasteiger charge is -2.30. The monoisotopic (exact) mass is 393 g/mol. The van der Waals surface area contributed by atoms with Gasteiger partial charge in [-0.05, 0) is 36.8 Å². The predicted molar refractivity (Wildman–Crippen MR) is 115 cm³/mol. The van der Waals surface area contributed by atoms with Crippen LogP contribution in [0.25, 0.3) is 0 Å². The predicted octanol–water partition coefficient (Wildman–Crippen LogP) is 3.43. The van der Waals surface area contributed by atoms with Gasteiger partial charge in [0.2, 0.25) is 0 Å². The second kappa shape index (κ2) is 11.3. The minimum Gasteiger partial charge on any atom is -0.491 e. The van der Waals surface area contributed by atoms with Crippen LogP contribution in [0.2, 0.25) is 0 Å². The third kappa shape index (κ3) is 6.83. The third-order valence-corrected chi connectivity index (χ3v) is 6.78. The molecule has 0 saturated heterocycles. The van der Waals surface area contributed by atoms with E-state index in [1.54, 1.807) is 7.05 Å². The Balaban J connectivity index is 1.77. The van der Waals surface area contributed by atoms with Crippen molar-refractivity contribution in [2.24, 2.45) is 4.99 Å². The lowest BCUT2D eigenvalue weighted by Crippen LogP contribution is -2.47. The Bertz CT molecular complexity index is 634. The minimum atomic E-state index is -0.705. The fourth-order valence-electron chi connectivity index (χ4n) is 3.56. The molecule has 152 valence electrons. The molecule has 1 aromatic rings. The van der Waals surface area contributed by atoms with Crippen molar-refractivity contribution in [2.45, 2.75) is 63.7 Å². The van der Waals surface area contributed by atoms with Crippen molar-refractivity contribution in [1.29, 1.82) is 0 Å². The van der Waals surface area contributed by atoms with Crippen molar-refractivity contribution in [3.63, 3.8) is 0 Å². The third-order valence-electron chi connectivity index (χ3n) is 5.04. The first kappa shape index (κ1) is 21.7. The fourth-order valence-corrected chi connectivity index (χ4v) is 4.91. The highest BCUT2D eigenvalue weighted by atomic mass is 32.2. The molecule has 2 rings (SSSR count). The van der Waals surface area contributed by atoms with E-state index in [-0.39, 0.29) is 0 Å². The molecule has 3 atom stereocenters. The van der Waals surface area contributed by atoms with Crippen molar-refractivity contribution < 1.29 is 8.95 Å².